The van der Waals surface area contributed by atoms with Gasteiger partial charge in [0.25, 0.3) is 0 Å². The number of rotatable bonds is 3. The van der Waals surface area contributed by atoms with Crippen molar-refractivity contribution in [2.75, 3.05) is 7.11 Å². The first-order valence-electron chi connectivity index (χ1n) is 7.30. The number of carboxylic acids is 1. The fourth-order valence-electron chi connectivity index (χ4n) is 2.67. The molecule has 0 fully saturated rings. The zero-order valence-corrected chi connectivity index (χ0v) is 13.3. The van der Waals surface area contributed by atoms with Crippen molar-refractivity contribution in [2.45, 2.75) is 6.18 Å². The van der Waals surface area contributed by atoms with Crippen molar-refractivity contribution in [3.63, 3.8) is 0 Å². The van der Waals surface area contributed by atoms with Crippen LogP contribution in [0.5, 0.6) is 5.75 Å². The number of aromatic carboxylic acids is 1. The van der Waals surface area contributed by atoms with Gasteiger partial charge in [0.1, 0.15) is 11.6 Å². The van der Waals surface area contributed by atoms with Gasteiger partial charge in [-0.1, -0.05) is 12.1 Å². The van der Waals surface area contributed by atoms with E-state index in [2.05, 4.69) is 4.98 Å². The third-order valence-corrected chi connectivity index (χ3v) is 3.81. The van der Waals surface area contributed by atoms with Crippen LogP contribution in [0.2, 0.25) is 0 Å². The minimum absolute atomic E-state index is 0.0499. The highest BCUT2D eigenvalue weighted by atomic mass is 19.4. The van der Waals surface area contributed by atoms with E-state index in [4.69, 9.17) is 4.74 Å². The van der Waals surface area contributed by atoms with Crippen molar-refractivity contribution in [2.24, 2.45) is 0 Å². The van der Waals surface area contributed by atoms with Crippen LogP contribution in [0.1, 0.15) is 15.9 Å². The zero-order valence-electron chi connectivity index (χ0n) is 13.3. The molecule has 0 unspecified atom stereocenters. The molecule has 4 nitrogen and oxygen atoms in total. The molecule has 0 atom stereocenters. The summed E-state index contributed by atoms with van der Waals surface area (Å²) in [6, 6.07) is 7.69. The van der Waals surface area contributed by atoms with Crippen molar-refractivity contribution in [1.82, 2.24) is 4.98 Å². The Morgan fingerprint density at radius 1 is 1.15 bits per heavy atom. The lowest BCUT2D eigenvalue weighted by Gasteiger charge is -2.14. The Hall–Kier alpha value is -3.16. The summed E-state index contributed by atoms with van der Waals surface area (Å²) in [6.07, 6.45) is -4.73. The van der Waals surface area contributed by atoms with Crippen LogP contribution in [0, 0.1) is 5.82 Å². The summed E-state index contributed by atoms with van der Waals surface area (Å²) in [6.45, 7) is 0. The predicted molar refractivity (Wildman–Crippen MR) is 85.7 cm³/mol. The molecule has 0 saturated heterocycles. The van der Waals surface area contributed by atoms with Crippen LogP contribution in [-0.4, -0.2) is 23.2 Å². The number of halogens is 4. The molecule has 3 aromatic rings. The lowest BCUT2D eigenvalue weighted by atomic mass is 10.0. The van der Waals surface area contributed by atoms with Gasteiger partial charge in [0.2, 0.25) is 0 Å². The molecular weight excluding hydrogens is 354 g/mol. The van der Waals surface area contributed by atoms with Crippen molar-refractivity contribution < 1.29 is 32.2 Å². The molecule has 0 radical (unpaired) electrons. The van der Waals surface area contributed by atoms with Gasteiger partial charge < -0.3 is 9.84 Å². The molecule has 1 aromatic heterocycles. The molecular formula is C18H11F4NO3. The van der Waals surface area contributed by atoms with E-state index in [-0.39, 0.29) is 28.0 Å². The Kier molecular flexibility index (Phi) is 4.27. The summed E-state index contributed by atoms with van der Waals surface area (Å²) < 4.78 is 58.7. The maximum Gasteiger partial charge on any atom is 0.418 e. The molecule has 134 valence electrons. The van der Waals surface area contributed by atoms with Gasteiger partial charge in [-0.25, -0.2) is 14.2 Å². The Labute approximate surface area is 144 Å². The first-order valence-corrected chi connectivity index (χ1v) is 7.30. The Morgan fingerprint density at radius 3 is 2.50 bits per heavy atom. The number of methoxy groups -OCH3 is 1. The highest BCUT2D eigenvalue weighted by Gasteiger charge is 2.34. The number of aromatic nitrogens is 1. The van der Waals surface area contributed by atoms with Gasteiger partial charge >= 0.3 is 12.1 Å². The molecule has 0 aliphatic rings. The minimum Gasteiger partial charge on any atom is -0.496 e. The Morgan fingerprint density at radius 2 is 1.88 bits per heavy atom. The highest BCUT2D eigenvalue weighted by molar-refractivity contribution is 6.04. The van der Waals surface area contributed by atoms with Crippen LogP contribution in [0.25, 0.3) is 22.2 Å². The van der Waals surface area contributed by atoms with E-state index < -0.39 is 29.0 Å². The summed E-state index contributed by atoms with van der Waals surface area (Å²) in [5, 5.41) is 9.25. The largest absolute Gasteiger partial charge is 0.496 e. The summed E-state index contributed by atoms with van der Waals surface area (Å²) in [4.78, 5) is 15.5. The van der Waals surface area contributed by atoms with Crippen LogP contribution in [0.15, 0.2) is 42.5 Å². The number of carboxylic acid groups (broad SMARTS) is 1. The molecule has 0 saturated carbocycles. The van der Waals surface area contributed by atoms with Gasteiger partial charge in [-0.05, 0) is 30.3 Å². The molecule has 0 bridgehead atoms. The number of nitrogens with zero attached hydrogens (tertiary/aromatic N) is 1. The average molecular weight is 365 g/mol. The van der Waals surface area contributed by atoms with Gasteiger partial charge in [0.05, 0.1) is 29.4 Å². The second-order valence-electron chi connectivity index (χ2n) is 5.40. The minimum atomic E-state index is -4.73. The van der Waals surface area contributed by atoms with Gasteiger partial charge in [-0.15, -0.1) is 0 Å². The first kappa shape index (κ1) is 17.7. The lowest BCUT2D eigenvalue weighted by molar-refractivity contribution is -0.136. The third kappa shape index (κ3) is 3.05. The molecule has 1 N–H and O–H groups in total. The molecule has 0 aliphatic carbocycles. The zero-order chi connectivity index (χ0) is 19.1. The quantitative estimate of drug-likeness (QED) is 0.680. The molecule has 26 heavy (non-hydrogen) atoms. The second-order valence-corrected chi connectivity index (χ2v) is 5.40. The van der Waals surface area contributed by atoms with Crippen molar-refractivity contribution in [1.29, 1.82) is 0 Å². The summed E-state index contributed by atoms with van der Waals surface area (Å²) >= 11 is 0. The van der Waals surface area contributed by atoms with Crippen molar-refractivity contribution >= 4 is 16.9 Å². The number of fused-ring (bicyclic) bond motifs is 1. The molecule has 0 amide bonds. The molecule has 2 aromatic carbocycles. The number of hydrogen-bond donors (Lipinski definition) is 1. The summed E-state index contributed by atoms with van der Waals surface area (Å²) in [7, 11) is 1.30. The SMILES string of the molecule is COc1ccc(F)cc1-c1cc(C(=O)O)c2cccc(C(F)(F)F)c2n1. The number of para-hydroxylation sites is 1. The Balaban J connectivity index is 2.42. The van der Waals surface area contributed by atoms with Crippen molar-refractivity contribution in [3.05, 3.63) is 59.4 Å². The lowest BCUT2D eigenvalue weighted by Crippen LogP contribution is -2.09. The van der Waals surface area contributed by atoms with E-state index in [1.807, 2.05) is 0 Å². The van der Waals surface area contributed by atoms with Gasteiger partial charge in [0, 0.05) is 10.9 Å². The van der Waals surface area contributed by atoms with Crippen LogP contribution < -0.4 is 4.74 Å². The fourth-order valence-corrected chi connectivity index (χ4v) is 2.67. The molecule has 0 aliphatic heterocycles. The molecule has 8 heteroatoms. The predicted octanol–water partition coefficient (Wildman–Crippen LogP) is 4.77. The van der Waals surface area contributed by atoms with E-state index >= 15 is 0 Å². The number of carbonyl (C=O) groups is 1. The van der Waals surface area contributed by atoms with Crippen LogP contribution in [0.3, 0.4) is 0 Å². The van der Waals surface area contributed by atoms with Crippen LogP contribution >= 0.6 is 0 Å². The maximum absolute atomic E-state index is 13.6. The number of benzene rings is 2. The maximum atomic E-state index is 13.6. The van der Waals surface area contributed by atoms with Gasteiger partial charge in [-0.3, -0.25) is 0 Å². The first-order chi connectivity index (χ1) is 12.2. The number of pyridine rings is 1. The van der Waals surface area contributed by atoms with E-state index in [0.717, 1.165) is 30.3 Å². The van der Waals surface area contributed by atoms with Crippen molar-refractivity contribution in [3.8, 4) is 17.0 Å². The van der Waals surface area contributed by atoms with Crippen LogP contribution in [0.4, 0.5) is 17.6 Å². The Bertz CT molecular complexity index is 1020. The van der Waals surface area contributed by atoms with Gasteiger partial charge in [-0.2, -0.15) is 13.2 Å². The number of hydrogen-bond acceptors (Lipinski definition) is 3. The van der Waals surface area contributed by atoms with Gasteiger partial charge in [0.15, 0.2) is 0 Å². The molecule has 1 heterocycles. The topological polar surface area (TPSA) is 59.4 Å². The third-order valence-electron chi connectivity index (χ3n) is 3.81. The molecule has 0 spiro atoms. The molecule has 3 rings (SSSR count). The standard InChI is InChI=1S/C18H11F4NO3/c1-26-15-6-5-9(19)7-12(15)14-8-11(17(24)25)10-3-2-4-13(16(10)23-14)18(20,21)22/h2-8H,1H3,(H,24,25). The van der Waals surface area contributed by atoms with E-state index in [1.54, 1.807) is 0 Å². The monoisotopic (exact) mass is 365 g/mol. The van der Waals surface area contributed by atoms with E-state index in [1.165, 1.54) is 19.2 Å². The normalized spacial score (nSPS) is 11.6. The summed E-state index contributed by atoms with van der Waals surface area (Å²) in [5.74, 6) is -1.93. The van der Waals surface area contributed by atoms with E-state index in [9.17, 15) is 27.5 Å². The number of alkyl halides is 3. The second kappa shape index (κ2) is 6.29. The average Bonchev–Trinajstić information content (AvgIpc) is 2.59. The highest BCUT2D eigenvalue weighted by Crippen LogP contribution is 2.37. The van der Waals surface area contributed by atoms with E-state index in [0.29, 0.717) is 0 Å². The fraction of sp³-hybridized carbons (Fsp3) is 0.111. The van der Waals surface area contributed by atoms with Crippen LogP contribution in [-0.2, 0) is 6.18 Å². The number of ether oxygens (including phenoxy) is 1. The summed E-state index contributed by atoms with van der Waals surface area (Å²) in [5.41, 5.74) is -2.06. The smallest absolute Gasteiger partial charge is 0.418 e.